The van der Waals surface area contributed by atoms with Crippen molar-refractivity contribution in [3.63, 3.8) is 0 Å². The molecule has 1 rings (SSSR count). The minimum atomic E-state index is 0.415. The number of rotatable bonds is 1. The normalized spacial score (nSPS) is 26.7. The highest BCUT2D eigenvalue weighted by atomic mass is 15.1. The van der Waals surface area contributed by atoms with Crippen LogP contribution in [0.3, 0.4) is 0 Å². The third-order valence-electron chi connectivity index (χ3n) is 2.58. The first-order chi connectivity index (χ1) is 5.85. The molecular formula is C12H21N. The molecule has 0 aromatic carbocycles. The van der Waals surface area contributed by atoms with Gasteiger partial charge in [-0.2, -0.15) is 0 Å². The van der Waals surface area contributed by atoms with Gasteiger partial charge in [0.1, 0.15) is 0 Å². The van der Waals surface area contributed by atoms with Gasteiger partial charge in [0, 0.05) is 13.1 Å². The summed E-state index contributed by atoms with van der Waals surface area (Å²) in [5.74, 6) is 2.74. The zero-order valence-corrected chi connectivity index (χ0v) is 9.35. The van der Waals surface area contributed by atoms with E-state index in [1.807, 2.05) is 0 Å². The number of hydrogen-bond donors (Lipinski definition) is 0. The van der Waals surface area contributed by atoms with E-state index < -0.39 is 0 Å². The van der Waals surface area contributed by atoms with E-state index in [0.717, 1.165) is 19.6 Å². The fourth-order valence-corrected chi connectivity index (χ4v) is 2.91. The largest absolute Gasteiger partial charge is 0.291 e. The topological polar surface area (TPSA) is 3.24 Å². The average Bonchev–Trinajstić information content (AvgIpc) is 1.78. The zero-order chi connectivity index (χ0) is 10.1. The molecule has 1 aliphatic rings. The molecule has 74 valence electrons. The molecule has 0 N–H and O–H groups in total. The smallest absolute Gasteiger partial charge is 0.0599 e. The molecule has 1 saturated heterocycles. The number of hydrogen-bond acceptors (Lipinski definition) is 1. The molecule has 0 aromatic rings. The number of likely N-dealkylation sites (tertiary alicyclic amines) is 1. The molecule has 0 saturated carbocycles. The summed E-state index contributed by atoms with van der Waals surface area (Å²) in [7, 11) is 0. The second-order valence-corrected chi connectivity index (χ2v) is 5.85. The predicted octanol–water partition coefficient (Wildman–Crippen LogP) is 2.38. The lowest BCUT2D eigenvalue weighted by atomic mass is 9.71. The Hall–Kier alpha value is -0.480. The SMILES string of the molecule is C#CCN1CC(C)(C)CC(C)(C)C1. The number of terminal acetylenes is 1. The summed E-state index contributed by atoms with van der Waals surface area (Å²) >= 11 is 0. The first kappa shape index (κ1) is 10.6. The highest BCUT2D eigenvalue weighted by molar-refractivity contribution is 4.95. The first-order valence-corrected chi connectivity index (χ1v) is 5.01. The van der Waals surface area contributed by atoms with Crippen LogP contribution in [0.2, 0.25) is 0 Å². The van der Waals surface area contributed by atoms with Crippen LogP contribution in [-0.4, -0.2) is 24.5 Å². The molecule has 1 aliphatic heterocycles. The fraction of sp³-hybridized carbons (Fsp3) is 0.833. The summed E-state index contributed by atoms with van der Waals surface area (Å²) < 4.78 is 0. The Labute approximate surface area is 82.5 Å². The molecule has 0 bridgehead atoms. The highest BCUT2D eigenvalue weighted by Crippen LogP contribution is 2.39. The van der Waals surface area contributed by atoms with Gasteiger partial charge in [0.2, 0.25) is 0 Å². The summed E-state index contributed by atoms with van der Waals surface area (Å²) in [5.41, 5.74) is 0.831. The Morgan fingerprint density at radius 1 is 1.15 bits per heavy atom. The lowest BCUT2D eigenvalue weighted by Crippen LogP contribution is -2.48. The molecule has 0 aromatic heterocycles. The summed E-state index contributed by atoms with van der Waals surface area (Å²) in [6.45, 7) is 12.4. The quantitative estimate of drug-likeness (QED) is 0.559. The van der Waals surface area contributed by atoms with Crippen LogP contribution in [0.15, 0.2) is 0 Å². The third kappa shape index (κ3) is 3.04. The molecule has 0 unspecified atom stereocenters. The van der Waals surface area contributed by atoms with Gasteiger partial charge in [-0.25, -0.2) is 0 Å². The molecule has 0 atom stereocenters. The van der Waals surface area contributed by atoms with E-state index in [-0.39, 0.29) is 0 Å². The van der Waals surface area contributed by atoms with E-state index in [2.05, 4.69) is 38.5 Å². The van der Waals surface area contributed by atoms with Crippen LogP contribution in [0.25, 0.3) is 0 Å². The second-order valence-electron chi connectivity index (χ2n) is 5.85. The molecule has 0 aliphatic carbocycles. The molecule has 1 fully saturated rings. The maximum absolute atomic E-state index is 5.34. The maximum Gasteiger partial charge on any atom is 0.0599 e. The molecule has 1 heteroatoms. The van der Waals surface area contributed by atoms with Gasteiger partial charge < -0.3 is 0 Å². The van der Waals surface area contributed by atoms with Gasteiger partial charge in [0.05, 0.1) is 6.54 Å². The van der Waals surface area contributed by atoms with Gasteiger partial charge >= 0.3 is 0 Å². The third-order valence-corrected chi connectivity index (χ3v) is 2.58. The predicted molar refractivity (Wildman–Crippen MR) is 57.5 cm³/mol. The van der Waals surface area contributed by atoms with Gasteiger partial charge in [0.25, 0.3) is 0 Å². The Morgan fingerprint density at radius 3 is 2.00 bits per heavy atom. The second kappa shape index (κ2) is 3.35. The molecule has 1 nitrogen and oxygen atoms in total. The summed E-state index contributed by atoms with van der Waals surface area (Å²) in [6, 6.07) is 0. The van der Waals surface area contributed by atoms with E-state index in [9.17, 15) is 0 Å². The fourth-order valence-electron chi connectivity index (χ4n) is 2.91. The van der Waals surface area contributed by atoms with Crippen molar-refractivity contribution < 1.29 is 0 Å². The lowest BCUT2D eigenvalue weighted by Gasteiger charge is -2.46. The Kier molecular flexibility index (Phi) is 2.73. The zero-order valence-electron chi connectivity index (χ0n) is 9.35. The van der Waals surface area contributed by atoms with E-state index in [1.165, 1.54) is 6.42 Å². The van der Waals surface area contributed by atoms with Crippen molar-refractivity contribution in [2.45, 2.75) is 34.1 Å². The van der Waals surface area contributed by atoms with Gasteiger partial charge in [-0.15, -0.1) is 6.42 Å². The first-order valence-electron chi connectivity index (χ1n) is 5.01. The van der Waals surface area contributed by atoms with Crippen molar-refractivity contribution in [3.05, 3.63) is 0 Å². The van der Waals surface area contributed by atoms with Gasteiger partial charge in [-0.1, -0.05) is 33.6 Å². The summed E-state index contributed by atoms with van der Waals surface area (Å²) in [4.78, 5) is 2.39. The van der Waals surface area contributed by atoms with Crippen LogP contribution in [-0.2, 0) is 0 Å². The molecule has 0 radical (unpaired) electrons. The molecular weight excluding hydrogens is 158 g/mol. The van der Waals surface area contributed by atoms with Crippen molar-refractivity contribution in [2.75, 3.05) is 19.6 Å². The van der Waals surface area contributed by atoms with Crippen LogP contribution in [0.5, 0.6) is 0 Å². The minimum Gasteiger partial charge on any atom is -0.291 e. The highest BCUT2D eigenvalue weighted by Gasteiger charge is 2.36. The van der Waals surface area contributed by atoms with E-state index >= 15 is 0 Å². The lowest BCUT2D eigenvalue weighted by molar-refractivity contribution is 0.0364. The van der Waals surface area contributed by atoms with Crippen LogP contribution in [0.1, 0.15) is 34.1 Å². The minimum absolute atomic E-state index is 0.415. The van der Waals surface area contributed by atoms with Crippen LogP contribution < -0.4 is 0 Å². The van der Waals surface area contributed by atoms with Crippen molar-refractivity contribution >= 4 is 0 Å². The van der Waals surface area contributed by atoms with Crippen LogP contribution in [0.4, 0.5) is 0 Å². The van der Waals surface area contributed by atoms with E-state index in [1.54, 1.807) is 0 Å². The Bertz CT molecular complexity index is 204. The maximum atomic E-state index is 5.34. The molecule has 1 heterocycles. The standard InChI is InChI=1S/C12H21N/c1-6-7-13-9-11(2,3)8-12(4,5)10-13/h1H,7-10H2,2-5H3. The number of nitrogens with zero attached hydrogens (tertiary/aromatic N) is 1. The van der Waals surface area contributed by atoms with Crippen molar-refractivity contribution in [1.82, 2.24) is 4.90 Å². The molecule has 13 heavy (non-hydrogen) atoms. The summed E-state index contributed by atoms with van der Waals surface area (Å²) in [5, 5.41) is 0. The van der Waals surface area contributed by atoms with E-state index in [4.69, 9.17) is 6.42 Å². The van der Waals surface area contributed by atoms with Crippen molar-refractivity contribution in [2.24, 2.45) is 10.8 Å². The van der Waals surface area contributed by atoms with Gasteiger partial charge in [-0.05, 0) is 17.3 Å². The van der Waals surface area contributed by atoms with Crippen molar-refractivity contribution in [3.8, 4) is 12.3 Å². The monoisotopic (exact) mass is 179 g/mol. The average molecular weight is 179 g/mol. The van der Waals surface area contributed by atoms with Crippen LogP contribution >= 0.6 is 0 Å². The Balaban J connectivity index is 2.67. The molecule has 0 spiro atoms. The van der Waals surface area contributed by atoms with Crippen LogP contribution in [0, 0.1) is 23.2 Å². The summed E-state index contributed by atoms with van der Waals surface area (Å²) in [6.07, 6.45) is 6.64. The van der Waals surface area contributed by atoms with E-state index in [0.29, 0.717) is 10.8 Å². The van der Waals surface area contributed by atoms with Crippen molar-refractivity contribution in [1.29, 1.82) is 0 Å². The van der Waals surface area contributed by atoms with Gasteiger partial charge in [0.15, 0.2) is 0 Å². The molecule has 0 amide bonds. The number of piperidine rings is 1. The van der Waals surface area contributed by atoms with Gasteiger partial charge in [-0.3, -0.25) is 4.90 Å². The Morgan fingerprint density at radius 2 is 1.62 bits per heavy atom.